The molecule has 2 heterocycles. The Morgan fingerprint density at radius 2 is 1.89 bits per heavy atom. The van der Waals surface area contributed by atoms with Gasteiger partial charge in [0.2, 0.25) is 0 Å². The monoisotopic (exact) mass is 260 g/mol. The van der Waals surface area contributed by atoms with Crippen LogP contribution in [0.1, 0.15) is 50.6 Å². The fourth-order valence-corrected chi connectivity index (χ4v) is 3.80. The molecule has 0 aromatic heterocycles. The van der Waals surface area contributed by atoms with Gasteiger partial charge in [-0.05, 0) is 43.7 Å². The van der Waals surface area contributed by atoms with Crippen molar-refractivity contribution in [1.29, 1.82) is 0 Å². The van der Waals surface area contributed by atoms with Gasteiger partial charge in [0, 0.05) is 23.8 Å². The Bertz CT molecular complexity index is 434. The zero-order chi connectivity index (χ0) is 13.4. The van der Waals surface area contributed by atoms with Gasteiger partial charge >= 0.3 is 0 Å². The van der Waals surface area contributed by atoms with E-state index in [4.69, 9.17) is 5.73 Å². The van der Waals surface area contributed by atoms with E-state index in [0.717, 1.165) is 19.3 Å². The third kappa shape index (κ3) is 2.26. The van der Waals surface area contributed by atoms with Crippen molar-refractivity contribution in [3.8, 4) is 0 Å². The molecule has 2 saturated heterocycles. The lowest BCUT2D eigenvalue weighted by Gasteiger charge is -2.40. The topological polar surface area (TPSA) is 49.5 Å². The molecular formula is C16H24N2O. The highest BCUT2D eigenvalue weighted by Crippen LogP contribution is 2.41. The number of benzene rings is 1. The van der Waals surface area contributed by atoms with Crippen LogP contribution in [0.3, 0.4) is 0 Å². The highest BCUT2D eigenvalue weighted by Gasteiger charge is 2.40. The van der Waals surface area contributed by atoms with Gasteiger partial charge in [0.25, 0.3) is 0 Å². The Morgan fingerprint density at radius 3 is 2.53 bits per heavy atom. The van der Waals surface area contributed by atoms with Crippen molar-refractivity contribution in [2.75, 3.05) is 4.90 Å². The van der Waals surface area contributed by atoms with Crippen LogP contribution < -0.4 is 10.6 Å². The number of nitrogens with zero attached hydrogens (tertiary/aromatic N) is 1. The molecule has 3 rings (SSSR count). The fraction of sp³-hybridized carbons (Fsp3) is 0.625. The predicted octanol–water partition coefficient (Wildman–Crippen LogP) is 2.59. The van der Waals surface area contributed by atoms with Crippen molar-refractivity contribution < 1.29 is 5.11 Å². The highest BCUT2D eigenvalue weighted by atomic mass is 16.3. The lowest BCUT2D eigenvalue weighted by atomic mass is 9.95. The lowest BCUT2D eigenvalue weighted by Crippen LogP contribution is -2.45. The molecule has 3 atom stereocenters. The summed E-state index contributed by atoms with van der Waals surface area (Å²) in [6.07, 6.45) is 5.08. The minimum absolute atomic E-state index is 0.110. The van der Waals surface area contributed by atoms with Gasteiger partial charge < -0.3 is 15.7 Å². The molecule has 2 bridgehead atoms. The van der Waals surface area contributed by atoms with Gasteiger partial charge in [0.05, 0.1) is 6.10 Å². The second-order valence-electron chi connectivity index (χ2n) is 5.99. The molecule has 3 unspecified atom stereocenters. The van der Waals surface area contributed by atoms with Crippen LogP contribution in [0.5, 0.6) is 0 Å². The second kappa shape index (κ2) is 5.14. The van der Waals surface area contributed by atoms with Crippen molar-refractivity contribution in [2.24, 2.45) is 5.73 Å². The van der Waals surface area contributed by atoms with Crippen molar-refractivity contribution in [3.05, 3.63) is 29.8 Å². The molecule has 0 saturated carbocycles. The van der Waals surface area contributed by atoms with Crippen LogP contribution in [0, 0.1) is 0 Å². The average molecular weight is 260 g/mol. The molecule has 0 aliphatic carbocycles. The standard InChI is InChI=1S/C16H24N2O/c1-2-15(17)14-5-3-4-6-16(14)18-11-7-8-12(18)10-13(19)9-11/h3-6,11-13,15,19H,2,7-10,17H2,1H3. The summed E-state index contributed by atoms with van der Waals surface area (Å²) in [5.41, 5.74) is 8.83. The maximum atomic E-state index is 9.93. The van der Waals surface area contributed by atoms with Crippen molar-refractivity contribution in [1.82, 2.24) is 0 Å². The molecule has 2 aliphatic rings. The third-order valence-corrected chi connectivity index (χ3v) is 4.76. The number of anilines is 1. The summed E-state index contributed by atoms with van der Waals surface area (Å²) in [7, 11) is 0. The maximum absolute atomic E-state index is 9.93. The molecule has 2 fully saturated rings. The number of fused-ring (bicyclic) bond motifs is 2. The van der Waals surface area contributed by atoms with E-state index in [1.54, 1.807) is 0 Å². The van der Waals surface area contributed by atoms with Crippen LogP contribution in [-0.2, 0) is 0 Å². The van der Waals surface area contributed by atoms with Crippen LogP contribution in [0.2, 0.25) is 0 Å². The third-order valence-electron chi connectivity index (χ3n) is 4.76. The first-order valence-corrected chi connectivity index (χ1v) is 7.51. The summed E-state index contributed by atoms with van der Waals surface area (Å²) in [6, 6.07) is 9.66. The fourth-order valence-electron chi connectivity index (χ4n) is 3.80. The van der Waals surface area contributed by atoms with E-state index in [-0.39, 0.29) is 12.1 Å². The Labute approximate surface area is 115 Å². The van der Waals surface area contributed by atoms with Crippen LogP contribution in [0.25, 0.3) is 0 Å². The van der Waals surface area contributed by atoms with Gasteiger partial charge in [0.1, 0.15) is 0 Å². The van der Waals surface area contributed by atoms with Gasteiger partial charge in [-0.25, -0.2) is 0 Å². The van der Waals surface area contributed by atoms with E-state index in [0.29, 0.717) is 12.1 Å². The minimum atomic E-state index is -0.110. The molecule has 3 heteroatoms. The van der Waals surface area contributed by atoms with Crippen molar-refractivity contribution in [3.63, 3.8) is 0 Å². The van der Waals surface area contributed by atoms with Crippen LogP contribution in [0.4, 0.5) is 5.69 Å². The molecule has 1 aromatic carbocycles. The van der Waals surface area contributed by atoms with E-state index in [2.05, 4.69) is 36.1 Å². The summed E-state index contributed by atoms with van der Waals surface area (Å²) in [5.74, 6) is 0. The first kappa shape index (κ1) is 12.9. The molecule has 19 heavy (non-hydrogen) atoms. The lowest BCUT2D eigenvalue weighted by molar-refractivity contribution is 0.126. The van der Waals surface area contributed by atoms with Gasteiger partial charge in [-0.1, -0.05) is 25.1 Å². The zero-order valence-corrected chi connectivity index (χ0v) is 11.6. The van der Waals surface area contributed by atoms with E-state index >= 15 is 0 Å². The molecule has 0 spiro atoms. The van der Waals surface area contributed by atoms with Crippen LogP contribution in [-0.4, -0.2) is 23.3 Å². The van der Waals surface area contributed by atoms with Gasteiger partial charge in [0.15, 0.2) is 0 Å². The number of hydrogen-bond donors (Lipinski definition) is 2. The number of hydrogen-bond acceptors (Lipinski definition) is 3. The Kier molecular flexibility index (Phi) is 3.50. The largest absolute Gasteiger partial charge is 0.393 e. The molecule has 2 aliphatic heterocycles. The van der Waals surface area contributed by atoms with Crippen molar-refractivity contribution >= 4 is 5.69 Å². The number of piperidine rings is 1. The van der Waals surface area contributed by atoms with Crippen LogP contribution >= 0.6 is 0 Å². The van der Waals surface area contributed by atoms with Gasteiger partial charge in [-0.15, -0.1) is 0 Å². The van der Waals surface area contributed by atoms with E-state index in [1.165, 1.54) is 24.1 Å². The van der Waals surface area contributed by atoms with Gasteiger partial charge in [-0.2, -0.15) is 0 Å². The smallest absolute Gasteiger partial charge is 0.0579 e. The zero-order valence-electron chi connectivity index (χ0n) is 11.6. The quantitative estimate of drug-likeness (QED) is 0.878. The Balaban J connectivity index is 1.95. The maximum Gasteiger partial charge on any atom is 0.0579 e. The summed E-state index contributed by atoms with van der Waals surface area (Å²) >= 11 is 0. The van der Waals surface area contributed by atoms with E-state index in [9.17, 15) is 5.11 Å². The summed E-state index contributed by atoms with van der Waals surface area (Å²) in [5, 5.41) is 9.93. The average Bonchev–Trinajstić information content (AvgIpc) is 2.70. The summed E-state index contributed by atoms with van der Waals surface area (Å²) in [6.45, 7) is 2.13. The second-order valence-corrected chi connectivity index (χ2v) is 5.99. The Hall–Kier alpha value is -1.06. The number of rotatable bonds is 3. The summed E-state index contributed by atoms with van der Waals surface area (Å²) in [4.78, 5) is 2.54. The molecular weight excluding hydrogens is 236 g/mol. The normalized spacial score (nSPS) is 31.5. The summed E-state index contributed by atoms with van der Waals surface area (Å²) < 4.78 is 0. The molecule has 104 valence electrons. The van der Waals surface area contributed by atoms with Crippen molar-refractivity contribution in [2.45, 2.75) is 63.3 Å². The molecule has 1 aromatic rings. The number of para-hydroxylation sites is 1. The molecule has 3 N–H and O–H groups in total. The minimum Gasteiger partial charge on any atom is -0.393 e. The first-order valence-electron chi connectivity index (χ1n) is 7.51. The molecule has 0 radical (unpaired) electrons. The molecule has 0 amide bonds. The number of aliphatic hydroxyl groups excluding tert-OH is 1. The number of nitrogens with two attached hydrogens (primary N) is 1. The predicted molar refractivity (Wildman–Crippen MR) is 78.2 cm³/mol. The van der Waals surface area contributed by atoms with E-state index < -0.39 is 0 Å². The molecule has 3 nitrogen and oxygen atoms in total. The SMILES string of the molecule is CCC(N)c1ccccc1N1C2CCC1CC(O)C2. The highest BCUT2D eigenvalue weighted by molar-refractivity contribution is 5.58. The number of aliphatic hydroxyl groups is 1. The van der Waals surface area contributed by atoms with Gasteiger partial charge in [-0.3, -0.25) is 0 Å². The Morgan fingerprint density at radius 1 is 1.26 bits per heavy atom. The van der Waals surface area contributed by atoms with Crippen LogP contribution in [0.15, 0.2) is 24.3 Å². The first-order chi connectivity index (χ1) is 9.20. The van der Waals surface area contributed by atoms with E-state index in [1.807, 2.05) is 0 Å².